The first-order valence-corrected chi connectivity index (χ1v) is 11.5. The minimum Gasteiger partial charge on any atom is -0.490 e. The standard InChI is InChI=1S/C26H19ClFN3O7/c1-2-37-22-12-16(11-21(27)23(22)38-14-15-6-8-17(28)9-7-15)10-20-24(32)29-26(34)30(25(20)33)18-4-3-5-19(13-18)31(35)36/h3-13H,2,14H2,1H3,(H,29,32,34)/b20-10+. The van der Waals surface area contributed by atoms with Gasteiger partial charge in [-0.15, -0.1) is 0 Å². The first kappa shape index (κ1) is 26.3. The molecule has 194 valence electrons. The van der Waals surface area contributed by atoms with E-state index in [9.17, 15) is 28.9 Å². The van der Waals surface area contributed by atoms with Gasteiger partial charge in [0.15, 0.2) is 11.5 Å². The largest absolute Gasteiger partial charge is 0.490 e. The number of imide groups is 2. The zero-order valence-electron chi connectivity index (χ0n) is 19.8. The SMILES string of the molecule is CCOc1cc(/C=C2\C(=O)NC(=O)N(c3cccc([N+](=O)[O-])c3)C2=O)cc(Cl)c1OCc1ccc(F)cc1. The van der Waals surface area contributed by atoms with Gasteiger partial charge in [-0.2, -0.15) is 0 Å². The molecule has 0 aromatic heterocycles. The molecule has 12 heteroatoms. The molecular formula is C26H19ClFN3O7. The van der Waals surface area contributed by atoms with Crippen LogP contribution in [-0.2, 0) is 16.2 Å². The van der Waals surface area contributed by atoms with Gasteiger partial charge in [-0.3, -0.25) is 25.0 Å². The third kappa shape index (κ3) is 5.62. The topological polar surface area (TPSA) is 128 Å². The number of ether oxygens (including phenoxy) is 2. The Morgan fingerprint density at radius 2 is 1.82 bits per heavy atom. The van der Waals surface area contributed by atoms with E-state index in [2.05, 4.69) is 5.32 Å². The molecule has 1 saturated heterocycles. The Morgan fingerprint density at radius 3 is 2.50 bits per heavy atom. The maximum absolute atomic E-state index is 13.2. The van der Waals surface area contributed by atoms with Crippen LogP contribution in [0.5, 0.6) is 11.5 Å². The summed E-state index contributed by atoms with van der Waals surface area (Å²) in [5.74, 6) is -1.89. The van der Waals surface area contributed by atoms with Crippen molar-refractivity contribution in [2.75, 3.05) is 11.5 Å². The van der Waals surface area contributed by atoms with Crippen molar-refractivity contribution < 1.29 is 33.2 Å². The molecule has 4 amide bonds. The lowest BCUT2D eigenvalue weighted by atomic mass is 10.1. The average Bonchev–Trinajstić information content (AvgIpc) is 2.87. The van der Waals surface area contributed by atoms with Crippen molar-refractivity contribution in [2.24, 2.45) is 0 Å². The molecule has 0 bridgehead atoms. The van der Waals surface area contributed by atoms with E-state index in [0.29, 0.717) is 16.0 Å². The van der Waals surface area contributed by atoms with E-state index in [4.69, 9.17) is 21.1 Å². The number of anilines is 1. The van der Waals surface area contributed by atoms with Crippen molar-refractivity contribution in [1.29, 1.82) is 0 Å². The van der Waals surface area contributed by atoms with Crippen LogP contribution in [0.15, 0.2) is 66.2 Å². The van der Waals surface area contributed by atoms with Gasteiger partial charge in [-0.25, -0.2) is 14.1 Å². The van der Waals surface area contributed by atoms with Crippen molar-refractivity contribution in [1.82, 2.24) is 5.32 Å². The Kier molecular flexibility index (Phi) is 7.68. The molecule has 1 fully saturated rings. The Morgan fingerprint density at radius 1 is 1.08 bits per heavy atom. The average molecular weight is 540 g/mol. The fourth-order valence-electron chi connectivity index (χ4n) is 3.61. The summed E-state index contributed by atoms with van der Waals surface area (Å²) in [7, 11) is 0. The minimum atomic E-state index is -1.05. The molecule has 0 unspecified atom stereocenters. The molecule has 38 heavy (non-hydrogen) atoms. The number of barbiturate groups is 1. The fraction of sp³-hybridized carbons (Fsp3) is 0.115. The number of hydrogen-bond donors (Lipinski definition) is 1. The predicted octanol–water partition coefficient (Wildman–Crippen LogP) is 5.03. The summed E-state index contributed by atoms with van der Waals surface area (Å²) in [6, 6.07) is 12.5. The first-order chi connectivity index (χ1) is 18.2. The number of carbonyl (C=O) groups is 3. The molecule has 3 aromatic carbocycles. The highest BCUT2D eigenvalue weighted by atomic mass is 35.5. The molecule has 1 aliphatic heterocycles. The van der Waals surface area contributed by atoms with E-state index in [1.54, 1.807) is 19.1 Å². The number of nitrogens with zero attached hydrogens (tertiary/aromatic N) is 2. The molecule has 10 nitrogen and oxygen atoms in total. The van der Waals surface area contributed by atoms with Crippen molar-refractivity contribution in [3.8, 4) is 11.5 Å². The van der Waals surface area contributed by atoms with Gasteiger partial charge in [0, 0.05) is 12.1 Å². The van der Waals surface area contributed by atoms with Crippen molar-refractivity contribution in [2.45, 2.75) is 13.5 Å². The summed E-state index contributed by atoms with van der Waals surface area (Å²) in [6.07, 6.45) is 1.21. The normalized spacial score (nSPS) is 14.4. The maximum atomic E-state index is 13.2. The lowest BCUT2D eigenvalue weighted by Gasteiger charge is -2.26. The van der Waals surface area contributed by atoms with Gasteiger partial charge >= 0.3 is 6.03 Å². The highest BCUT2D eigenvalue weighted by Gasteiger charge is 2.37. The summed E-state index contributed by atoms with van der Waals surface area (Å²) in [5.41, 5.74) is 0.146. The number of urea groups is 1. The Bertz CT molecular complexity index is 1470. The lowest BCUT2D eigenvalue weighted by Crippen LogP contribution is -2.54. The van der Waals surface area contributed by atoms with E-state index < -0.39 is 28.3 Å². The maximum Gasteiger partial charge on any atom is 0.335 e. The molecule has 1 aliphatic rings. The lowest BCUT2D eigenvalue weighted by molar-refractivity contribution is -0.384. The van der Waals surface area contributed by atoms with E-state index in [-0.39, 0.29) is 46.9 Å². The predicted molar refractivity (Wildman–Crippen MR) is 135 cm³/mol. The van der Waals surface area contributed by atoms with Crippen LogP contribution in [0.3, 0.4) is 0 Å². The van der Waals surface area contributed by atoms with Crippen LogP contribution in [0, 0.1) is 15.9 Å². The van der Waals surface area contributed by atoms with Crippen LogP contribution in [0.25, 0.3) is 6.08 Å². The summed E-state index contributed by atoms with van der Waals surface area (Å²) >= 11 is 6.44. The first-order valence-electron chi connectivity index (χ1n) is 11.2. The van der Waals surface area contributed by atoms with Gasteiger partial charge in [0.05, 0.1) is 22.2 Å². The van der Waals surface area contributed by atoms with Crippen LogP contribution < -0.4 is 19.7 Å². The van der Waals surface area contributed by atoms with Crippen molar-refractivity contribution >= 4 is 46.9 Å². The summed E-state index contributed by atoms with van der Waals surface area (Å²) in [4.78, 5) is 49.2. The van der Waals surface area contributed by atoms with Crippen LogP contribution in [0.2, 0.25) is 5.02 Å². The number of amides is 4. The molecule has 0 saturated carbocycles. The Hall–Kier alpha value is -4.77. The molecule has 0 aliphatic carbocycles. The number of hydrogen-bond acceptors (Lipinski definition) is 7. The number of non-ortho nitro benzene ring substituents is 1. The van der Waals surface area contributed by atoms with Gasteiger partial charge in [0.2, 0.25) is 0 Å². The van der Waals surface area contributed by atoms with Crippen molar-refractivity contribution in [3.05, 3.63) is 98.3 Å². The van der Waals surface area contributed by atoms with Gasteiger partial charge in [-0.05, 0) is 54.5 Å². The van der Waals surface area contributed by atoms with E-state index in [1.807, 2.05) is 0 Å². The van der Waals surface area contributed by atoms with Gasteiger partial charge in [0.1, 0.15) is 18.0 Å². The van der Waals surface area contributed by atoms with Gasteiger partial charge < -0.3 is 9.47 Å². The number of halogens is 2. The minimum absolute atomic E-state index is 0.0711. The van der Waals surface area contributed by atoms with Gasteiger partial charge in [-0.1, -0.05) is 29.8 Å². The highest BCUT2D eigenvalue weighted by Crippen LogP contribution is 2.38. The molecule has 0 atom stereocenters. The quantitative estimate of drug-likeness (QED) is 0.184. The molecule has 1 heterocycles. The number of nitrogens with one attached hydrogen (secondary N) is 1. The summed E-state index contributed by atoms with van der Waals surface area (Å²) in [5, 5.41) is 13.3. The second kappa shape index (κ2) is 11.1. The van der Waals surface area contributed by atoms with Crippen LogP contribution >= 0.6 is 11.6 Å². The zero-order chi connectivity index (χ0) is 27.4. The van der Waals surface area contributed by atoms with E-state index >= 15 is 0 Å². The number of nitro groups is 1. The summed E-state index contributed by atoms with van der Waals surface area (Å²) < 4.78 is 24.6. The third-order valence-corrected chi connectivity index (χ3v) is 5.62. The third-order valence-electron chi connectivity index (χ3n) is 5.34. The second-order valence-corrected chi connectivity index (χ2v) is 8.32. The van der Waals surface area contributed by atoms with Crippen LogP contribution in [0.4, 0.5) is 20.6 Å². The zero-order valence-corrected chi connectivity index (χ0v) is 20.5. The fourth-order valence-corrected chi connectivity index (χ4v) is 3.89. The number of carbonyl (C=O) groups excluding carboxylic acids is 3. The molecule has 1 N–H and O–H groups in total. The number of nitro benzene ring substituents is 1. The molecule has 0 radical (unpaired) electrons. The molecule has 3 aromatic rings. The summed E-state index contributed by atoms with van der Waals surface area (Å²) in [6.45, 7) is 2.06. The Balaban J connectivity index is 1.66. The van der Waals surface area contributed by atoms with Crippen LogP contribution in [-0.4, -0.2) is 29.4 Å². The Labute approximate surface area is 220 Å². The molecule has 4 rings (SSSR count). The molecular weight excluding hydrogens is 521 g/mol. The highest BCUT2D eigenvalue weighted by molar-refractivity contribution is 6.39. The monoisotopic (exact) mass is 539 g/mol. The van der Waals surface area contributed by atoms with Gasteiger partial charge in [0.25, 0.3) is 17.5 Å². The van der Waals surface area contributed by atoms with E-state index in [0.717, 1.165) is 6.07 Å². The smallest absolute Gasteiger partial charge is 0.335 e. The van der Waals surface area contributed by atoms with Crippen LogP contribution in [0.1, 0.15) is 18.1 Å². The number of rotatable bonds is 8. The van der Waals surface area contributed by atoms with Crippen molar-refractivity contribution in [3.63, 3.8) is 0 Å². The molecule has 0 spiro atoms. The second-order valence-electron chi connectivity index (χ2n) is 7.91. The van der Waals surface area contributed by atoms with E-state index in [1.165, 1.54) is 48.5 Å². The number of benzene rings is 3.